The van der Waals surface area contributed by atoms with Gasteiger partial charge in [0.1, 0.15) is 19.0 Å². The van der Waals surface area contributed by atoms with E-state index in [0.717, 1.165) is 5.69 Å². The summed E-state index contributed by atoms with van der Waals surface area (Å²) in [5.41, 5.74) is 2.48. The molecule has 0 saturated carbocycles. The molecule has 0 radical (unpaired) electrons. The molecule has 2 N–H and O–H groups in total. The van der Waals surface area contributed by atoms with Gasteiger partial charge in [0.15, 0.2) is 11.5 Å². The maximum atomic E-state index is 14.8. The molecule has 3 aromatic heterocycles. The first-order valence-electron chi connectivity index (χ1n) is 11.6. The molecule has 3 aromatic rings. The number of nitrogens with one attached hydrogen (secondary N) is 1. The standard InChI is InChI=1S/C24H26FN5O4/c25-16-9-28-17-1-2-22(32)30-12-14(23(16)24(17)30)11-29-4-3-19(31)18(13-29)27-8-15-7-20-21(10-26-15)34-6-5-33-20/h1-2,7,9-10,14,18-19,27,31H,3-6,8,11-13H2/t14?,18?,19-/m1/s1. The van der Waals surface area contributed by atoms with Crippen molar-refractivity contribution in [1.29, 1.82) is 0 Å². The van der Waals surface area contributed by atoms with Crippen LogP contribution in [0.25, 0.3) is 11.0 Å². The maximum absolute atomic E-state index is 14.8. The molecule has 3 atom stereocenters. The summed E-state index contributed by atoms with van der Waals surface area (Å²) in [4.78, 5) is 23.2. The zero-order valence-electron chi connectivity index (χ0n) is 18.6. The molecule has 3 aliphatic heterocycles. The Hall–Kier alpha value is -3.08. The second-order valence-electron chi connectivity index (χ2n) is 9.16. The number of hydrogen-bond donors (Lipinski definition) is 2. The minimum atomic E-state index is -0.485. The van der Waals surface area contributed by atoms with Crippen LogP contribution >= 0.6 is 0 Å². The second kappa shape index (κ2) is 8.61. The fourth-order valence-corrected chi connectivity index (χ4v) is 5.30. The molecule has 0 amide bonds. The van der Waals surface area contributed by atoms with Gasteiger partial charge in [-0.1, -0.05) is 0 Å². The molecule has 178 valence electrons. The number of aliphatic hydroxyl groups excluding tert-OH is 1. The molecule has 0 aliphatic carbocycles. The van der Waals surface area contributed by atoms with E-state index in [4.69, 9.17) is 9.47 Å². The van der Waals surface area contributed by atoms with Crippen molar-refractivity contribution in [3.05, 3.63) is 58.0 Å². The highest BCUT2D eigenvalue weighted by molar-refractivity contribution is 5.80. The fraction of sp³-hybridized carbons (Fsp3) is 0.458. The van der Waals surface area contributed by atoms with Crippen LogP contribution in [0.5, 0.6) is 11.5 Å². The average Bonchev–Trinajstić information content (AvgIpc) is 3.24. The number of fused-ring (bicyclic) bond motifs is 1. The number of pyridine rings is 3. The summed E-state index contributed by atoms with van der Waals surface area (Å²) in [5.74, 6) is 0.820. The quantitative estimate of drug-likeness (QED) is 0.574. The molecule has 0 aromatic carbocycles. The van der Waals surface area contributed by atoms with Gasteiger partial charge in [0.25, 0.3) is 5.56 Å². The predicted octanol–water partition coefficient (Wildman–Crippen LogP) is 1.02. The van der Waals surface area contributed by atoms with Gasteiger partial charge in [0.2, 0.25) is 0 Å². The van der Waals surface area contributed by atoms with Crippen molar-refractivity contribution < 1.29 is 19.0 Å². The lowest BCUT2D eigenvalue weighted by Crippen LogP contribution is -2.54. The van der Waals surface area contributed by atoms with E-state index in [1.165, 1.54) is 12.3 Å². The SMILES string of the molecule is O=c1ccc2ncc(F)c3c2n1CC3CN1CC[C@@H](O)C(NCc2cc3c(cn2)OCCO3)C1. The minimum Gasteiger partial charge on any atom is -0.486 e. The van der Waals surface area contributed by atoms with Gasteiger partial charge in [-0.2, -0.15) is 0 Å². The topological polar surface area (TPSA) is 102 Å². The van der Waals surface area contributed by atoms with Gasteiger partial charge >= 0.3 is 0 Å². The molecule has 10 heteroatoms. The summed E-state index contributed by atoms with van der Waals surface area (Å²) in [6.07, 6.45) is 3.04. The Bertz CT molecular complexity index is 1300. The summed E-state index contributed by atoms with van der Waals surface area (Å²) in [5, 5.41) is 14.0. The van der Waals surface area contributed by atoms with Crippen molar-refractivity contribution in [2.45, 2.75) is 37.6 Å². The Morgan fingerprint density at radius 3 is 2.88 bits per heavy atom. The average molecular weight is 468 g/mol. The molecular formula is C24H26FN5O4. The van der Waals surface area contributed by atoms with Crippen molar-refractivity contribution in [3.8, 4) is 11.5 Å². The summed E-state index contributed by atoms with van der Waals surface area (Å²) in [7, 11) is 0. The zero-order valence-corrected chi connectivity index (χ0v) is 18.6. The number of ether oxygens (including phenoxy) is 2. The molecule has 2 unspecified atom stereocenters. The Morgan fingerprint density at radius 1 is 1.15 bits per heavy atom. The highest BCUT2D eigenvalue weighted by atomic mass is 19.1. The minimum absolute atomic E-state index is 0.135. The number of likely N-dealkylation sites (tertiary alicyclic amines) is 1. The van der Waals surface area contributed by atoms with Crippen LogP contribution in [-0.4, -0.2) is 69.5 Å². The Balaban J connectivity index is 1.14. The van der Waals surface area contributed by atoms with Gasteiger partial charge in [0, 0.05) is 62.4 Å². The predicted molar refractivity (Wildman–Crippen MR) is 122 cm³/mol. The normalized spacial score (nSPS) is 24.0. The largest absolute Gasteiger partial charge is 0.486 e. The molecule has 0 spiro atoms. The second-order valence-corrected chi connectivity index (χ2v) is 9.16. The van der Waals surface area contributed by atoms with Gasteiger partial charge in [-0.25, -0.2) is 4.39 Å². The Kier molecular flexibility index (Phi) is 5.43. The number of piperidine rings is 1. The number of nitrogens with zero attached hydrogens (tertiary/aromatic N) is 4. The van der Waals surface area contributed by atoms with Crippen molar-refractivity contribution >= 4 is 11.0 Å². The van der Waals surface area contributed by atoms with Crippen LogP contribution in [0.3, 0.4) is 0 Å². The van der Waals surface area contributed by atoms with Crippen molar-refractivity contribution in [2.24, 2.45) is 0 Å². The highest BCUT2D eigenvalue weighted by Gasteiger charge is 2.34. The number of halogens is 1. The third-order valence-electron chi connectivity index (χ3n) is 6.97. The highest BCUT2D eigenvalue weighted by Crippen LogP contribution is 2.35. The van der Waals surface area contributed by atoms with E-state index in [1.807, 2.05) is 6.07 Å². The molecule has 9 nitrogen and oxygen atoms in total. The van der Waals surface area contributed by atoms with E-state index in [-0.39, 0.29) is 23.3 Å². The van der Waals surface area contributed by atoms with Crippen LogP contribution in [-0.2, 0) is 13.1 Å². The fourth-order valence-electron chi connectivity index (χ4n) is 5.30. The van der Waals surface area contributed by atoms with Crippen molar-refractivity contribution in [3.63, 3.8) is 0 Å². The van der Waals surface area contributed by atoms with Gasteiger partial charge in [-0.3, -0.25) is 14.8 Å². The molecule has 6 rings (SSSR count). The molecule has 3 aliphatic rings. The Labute approximate surface area is 195 Å². The summed E-state index contributed by atoms with van der Waals surface area (Å²) in [6.45, 7) is 3.88. The summed E-state index contributed by atoms with van der Waals surface area (Å²) >= 11 is 0. The van der Waals surface area contributed by atoms with E-state index in [9.17, 15) is 14.3 Å². The van der Waals surface area contributed by atoms with Crippen LogP contribution < -0.4 is 20.3 Å². The number of aromatic nitrogens is 3. The van der Waals surface area contributed by atoms with Gasteiger partial charge in [-0.15, -0.1) is 0 Å². The third kappa shape index (κ3) is 3.81. The van der Waals surface area contributed by atoms with Crippen LogP contribution in [0.15, 0.2) is 35.4 Å². The van der Waals surface area contributed by atoms with Crippen molar-refractivity contribution in [1.82, 2.24) is 24.8 Å². The van der Waals surface area contributed by atoms with E-state index < -0.39 is 6.10 Å². The molecule has 1 saturated heterocycles. The third-order valence-corrected chi connectivity index (χ3v) is 6.97. The molecule has 6 heterocycles. The summed E-state index contributed by atoms with van der Waals surface area (Å²) < 4.78 is 27.6. The smallest absolute Gasteiger partial charge is 0.251 e. The van der Waals surface area contributed by atoms with Crippen molar-refractivity contribution in [2.75, 3.05) is 32.8 Å². The molecule has 34 heavy (non-hydrogen) atoms. The molecular weight excluding hydrogens is 441 g/mol. The number of rotatable bonds is 5. The van der Waals surface area contributed by atoms with Crippen LogP contribution in [0.2, 0.25) is 0 Å². The van der Waals surface area contributed by atoms with Gasteiger partial charge < -0.3 is 29.4 Å². The zero-order chi connectivity index (χ0) is 23.2. The van der Waals surface area contributed by atoms with Gasteiger partial charge in [0.05, 0.1) is 35.2 Å². The number of aliphatic hydroxyl groups is 1. The van der Waals surface area contributed by atoms with E-state index >= 15 is 0 Å². The first kappa shape index (κ1) is 21.5. The van der Waals surface area contributed by atoms with Crippen LogP contribution in [0.4, 0.5) is 4.39 Å². The van der Waals surface area contributed by atoms with E-state index in [1.54, 1.807) is 16.8 Å². The molecule has 1 fully saturated rings. The summed E-state index contributed by atoms with van der Waals surface area (Å²) in [6, 6.07) is 4.85. The monoisotopic (exact) mass is 467 g/mol. The lowest BCUT2D eigenvalue weighted by atomic mass is 9.97. The van der Waals surface area contributed by atoms with Crippen LogP contribution in [0.1, 0.15) is 23.6 Å². The lowest BCUT2D eigenvalue weighted by Gasteiger charge is -2.38. The lowest BCUT2D eigenvalue weighted by molar-refractivity contribution is 0.0438. The maximum Gasteiger partial charge on any atom is 0.251 e. The van der Waals surface area contributed by atoms with Gasteiger partial charge in [-0.05, 0) is 12.5 Å². The van der Waals surface area contributed by atoms with E-state index in [2.05, 4.69) is 20.2 Å². The van der Waals surface area contributed by atoms with Crippen LogP contribution in [0, 0.1) is 5.82 Å². The first-order valence-corrected chi connectivity index (χ1v) is 11.6. The number of hydrogen-bond acceptors (Lipinski definition) is 8. The Morgan fingerprint density at radius 2 is 2.00 bits per heavy atom. The first-order chi connectivity index (χ1) is 16.6. The molecule has 0 bridgehead atoms. The van der Waals surface area contributed by atoms with E-state index in [0.29, 0.717) is 80.5 Å².